The van der Waals surface area contributed by atoms with Gasteiger partial charge in [0.2, 0.25) is 0 Å². The Balaban J connectivity index is 2.79. The number of benzene rings is 1. The van der Waals surface area contributed by atoms with Crippen molar-refractivity contribution in [3.05, 3.63) is 46.0 Å². The molecule has 0 unspecified atom stereocenters. The second-order valence-electron chi connectivity index (χ2n) is 2.65. The number of carbonyl (C=O) groups excluding carboxylic acids is 1. The van der Waals surface area contributed by atoms with Gasteiger partial charge < -0.3 is 4.74 Å². The lowest BCUT2D eigenvalue weighted by atomic mass is 10.1. The zero-order chi connectivity index (χ0) is 11.1. The van der Waals surface area contributed by atoms with Gasteiger partial charge in [-0.05, 0) is 18.2 Å². The molecule has 0 bridgehead atoms. The number of nitrogens with zero attached hydrogens (tertiary/aromatic N) is 1. The summed E-state index contributed by atoms with van der Waals surface area (Å²) in [6, 6.07) is 6.33. The summed E-state index contributed by atoms with van der Waals surface area (Å²) in [5, 5.41) is 10.6. The van der Waals surface area contributed by atoms with E-state index >= 15 is 0 Å². The van der Waals surface area contributed by atoms with Gasteiger partial charge in [-0.15, -0.1) is 0 Å². The van der Waals surface area contributed by atoms with Gasteiger partial charge in [0, 0.05) is 6.07 Å². The fourth-order valence-electron chi connectivity index (χ4n) is 1.06. The number of nitro groups is 1. The average Bonchev–Trinajstić information content (AvgIpc) is 2.25. The van der Waals surface area contributed by atoms with Crippen LogP contribution < -0.4 is 0 Å². The summed E-state index contributed by atoms with van der Waals surface area (Å²) in [6.45, 7) is 0.430. The lowest BCUT2D eigenvalue weighted by Crippen LogP contribution is -1.91. The normalized spacial score (nSPS) is 10.1. The van der Waals surface area contributed by atoms with Crippen LogP contribution in [0, 0.1) is 10.1 Å². The van der Waals surface area contributed by atoms with E-state index in [-0.39, 0.29) is 12.3 Å². The number of nitro benzene ring substituents is 1. The van der Waals surface area contributed by atoms with Crippen LogP contribution in [0.5, 0.6) is 0 Å². The van der Waals surface area contributed by atoms with Crippen molar-refractivity contribution in [2.75, 3.05) is 6.61 Å². The molecule has 0 aliphatic carbocycles. The van der Waals surface area contributed by atoms with Crippen LogP contribution in [0.2, 0.25) is 0 Å². The third-order valence-corrected chi connectivity index (χ3v) is 1.69. The SMILES string of the molecule is O=COC/C=C/c1ccccc1[N+](=O)[O-]. The molecule has 1 rings (SSSR count). The van der Waals surface area contributed by atoms with E-state index in [9.17, 15) is 14.9 Å². The molecule has 5 heteroatoms. The van der Waals surface area contributed by atoms with E-state index < -0.39 is 4.92 Å². The molecule has 0 aromatic heterocycles. The van der Waals surface area contributed by atoms with Crippen LogP contribution in [-0.4, -0.2) is 18.0 Å². The van der Waals surface area contributed by atoms with Gasteiger partial charge in [0.05, 0.1) is 10.5 Å². The number of rotatable bonds is 5. The standard InChI is InChI=1S/C10H9NO4/c12-8-15-7-3-5-9-4-1-2-6-10(9)11(13)14/h1-6,8H,7H2/b5-3+. The van der Waals surface area contributed by atoms with E-state index in [0.29, 0.717) is 12.0 Å². The number of para-hydroxylation sites is 1. The van der Waals surface area contributed by atoms with Crippen molar-refractivity contribution in [1.82, 2.24) is 0 Å². The predicted molar refractivity (Wildman–Crippen MR) is 54.1 cm³/mol. The number of hydrogen-bond donors (Lipinski definition) is 0. The van der Waals surface area contributed by atoms with Crippen LogP contribution in [0.1, 0.15) is 5.56 Å². The Morgan fingerprint density at radius 1 is 1.40 bits per heavy atom. The van der Waals surface area contributed by atoms with Crippen molar-refractivity contribution in [3.63, 3.8) is 0 Å². The Hall–Kier alpha value is -2.17. The van der Waals surface area contributed by atoms with Gasteiger partial charge in [-0.25, -0.2) is 0 Å². The zero-order valence-corrected chi connectivity index (χ0v) is 7.83. The molecular weight excluding hydrogens is 198 g/mol. The first-order chi connectivity index (χ1) is 7.25. The fraction of sp³-hybridized carbons (Fsp3) is 0.100. The first-order valence-corrected chi connectivity index (χ1v) is 4.21. The minimum absolute atomic E-state index is 0.0276. The summed E-state index contributed by atoms with van der Waals surface area (Å²) in [6.07, 6.45) is 3.08. The molecule has 15 heavy (non-hydrogen) atoms. The minimum atomic E-state index is -0.458. The van der Waals surface area contributed by atoms with Crippen molar-refractivity contribution < 1.29 is 14.5 Å². The van der Waals surface area contributed by atoms with E-state index in [2.05, 4.69) is 4.74 Å². The van der Waals surface area contributed by atoms with E-state index in [1.54, 1.807) is 24.3 Å². The highest BCUT2D eigenvalue weighted by Crippen LogP contribution is 2.18. The summed E-state index contributed by atoms with van der Waals surface area (Å²) in [5.41, 5.74) is 0.511. The molecule has 0 N–H and O–H groups in total. The molecule has 0 aliphatic heterocycles. The summed E-state index contributed by atoms with van der Waals surface area (Å²) in [5.74, 6) is 0. The van der Waals surface area contributed by atoms with Crippen molar-refractivity contribution in [2.24, 2.45) is 0 Å². The Labute approximate surface area is 86.1 Å². The van der Waals surface area contributed by atoms with Gasteiger partial charge in [0.25, 0.3) is 12.2 Å². The molecule has 0 saturated heterocycles. The zero-order valence-electron chi connectivity index (χ0n) is 7.83. The fourth-order valence-corrected chi connectivity index (χ4v) is 1.06. The van der Waals surface area contributed by atoms with Gasteiger partial charge in [-0.2, -0.15) is 0 Å². The first-order valence-electron chi connectivity index (χ1n) is 4.21. The predicted octanol–water partition coefficient (Wildman–Crippen LogP) is 1.78. The lowest BCUT2D eigenvalue weighted by molar-refractivity contribution is -0.385. The largest absolute Gasteiger partial charge is 0.464 e. The third kappa shape index (κ3) is 3.22. The highest BCUT2D eigenvalue weighted by Gasteiger charge is 2.08. The molecule has 78 valence electrons. The van der Waals surface area contributed by atoms with Crippen LogP contribution in [0.3, 0.4) is 0 Å². The lowest BCUT2D eigenvalue weighted by Gasteiger charge is -1.96. The Morgan fingerprint density at radius 3 is 2.80 bits per heavy atom. The topological polar surface area (TPSA) is 69.4 Å². The highest BCUT2D eigenvalue weighted by molar-refractivity contribution is 5.60. The van der Waals surface area contributed by atoms with Crippen LogP contribution in [0.25, 0.3) is 6.08 Å². The Kier molecular flexibility index (Phi) is 4.03. The molecule has 1 aromatic carbocycles. The maximum atomic E-state index is 10.6. The molecule has 0 radical (unpaired) electrons. The Bertz CT molecular complexity index is 387. The monoisotopic (exact) mass is 207 g/mol. The van der Waals surface area contributed by atoms with Crippen molar-refractivity contribution in [3.8, 4) is 0 Å². The molecule has 0 heterocycles. The van der Waals surface area contributed by atoms with Crippen LogP contribution >= 0.6 is 0 Å². The molecule has 0 aliphatic rings. The molecule has 5 nitrogen and oxygen atoms in total. The molecule has 1 aromatic rings. The molecule has 0 saturated carbocycles. The quantitative estimate of drug-likeness (QED) is 0.319. The summed E-state index contributed by atoms with van der Waals surface area (Å²) < 4.78 is 4.42. The first kappa shape index (κ1) is 10.9. The van der Waals surface area contributed by atoms with Crippen molar-refractivity contribution in [2.45, 2.75) is 0 Å². The average molecular weight is 207 g/mol. The summed E-state index contributed by atoms with van der Waals surface area (Å²) in [4.78, 5) is 20.0. The highest BCUT2D eigenvalue weighted by atomic mass is 16.6. The van der Waals surface area contributed by atoms with Gasteiger partial charge >= 0.3 is 0 Å². The van der Waals surface area contributed by atoms with E-state index in [1.165, 1.54) is 12.1 Å². The molecule has 0 spiro atoms. The van der Waals surface area contributed by atoms with Gasteiger partial charge in [-0.3, -0.25) is 14.9 Å². The van der Waals surface area contributed by atoms with Crippen molar-refractivity contribution >= 4 is 18.2 Å². The summed E-state index contributed by atoms with van der Waals surface area (Å²) in [7, 11) is 0. The van der Waals surface area contributed by atoms with Crippen LogP contribution in [0.4, 0.5) is 5.69 Å². The van der Waals surface area contributed by atoms with E-state index in [4.69, 9.17) is 0 Å². The number of hydrogen-bond acceptors (Lipinski definition) is 4. The maximum absolute atomic E-state index is 10.6. The van der Waals surface area contributed by atoms with Gasteiger partial charge in [0.1, 0.15) is 6.61 Å². The van der Waals surface area contributed by atoms with Gasteiger partial charge in [-0.1, -0.05) is 12.1 Å². The van der Waals surface area contributed by atoms with Crippen LogP contribution in [0.15, 0.2) is 30.3 Å². The number of ether oxygens (including phenoxy) is 1. The second-order valence-corrected chi connectivity index (χ2v) is 2.65. The smallest absolute Gasteiger partial charge is 0.293 e. The third-order valence-electron chi connectivity index (χ3n) is 1.69. The van der Waals surface area contributed by atoms with Crippen molar-refractivity contribution in [1.29, 1.82) is 0 Å². The molecule has 0 amide bonds. The maximum Gasteiger partial charge on any atom is 0.293 e. The molecule has 0 fully saturated rings. The second kappa shape index (κ2) is 5.54. The molecular formula is C10H9NO4. The van der Waals surface area contributed by atoms with E-state index in [0.717, 1.165) is 0 Å². The number of carbonyl (C=O) groups is 1. The summed E-state index contributed by atoms with van der Waals surface area (Å²) >= 11 is 0. The van der Waals surface area contributed by atoms with Crippen LogP contribution in [-0.2, 0) is 9.53 Å². The van der Waals surface area contributed by atoms with E-state index in [1.807, 2.05) is 0 Å². The molecule has 0 atom stereocenters. The Morgan fingerprint density at radius 2 is 2.13 bits per heavy atom. The minimum Gasteiger partial charge on any atom is -0.464 e. The van der Waals surface area contributed by atoms with Gasteiger partial charge in [0.15, 0.2) is 0 Å².